The van der Waals surface area contributed by atoms with Crippen molar-refractivity contribution < 1.29 is 13.9 Å². The minimum absolute atomic E-state index is 0.208. The van der Waals surface area contributed by atoms with E-state index in [-0.39, 0.29) is 6.10 Å². The Bertz CT molecular complexity index is 1120. The highest BCUT2D eigenvalue weighted by molar-refractivity contribution is 5.82. The lowest BCUT2D eigenvalue weighted by molar-refractivity contribution is 0.121. The number of aryl methyl sites for hydroxylation is 1. The number of aromatic nitrogens is 1. The Morgan fingerprint density at radius 2 is 2.07 bits per heavy atom. The Morgan fingerprint density at radius 1 is 1.23 bits per heavy atom. The fraction of sp³-hybridized carbons (Fsp3) is 0.304. The van der Waals surface area contributed by atoms with Gasteiger partial charge in [0.1, 0.15) is 29.1 Å². The smallest absolute Gasteiger partial charge is 0.154 e. The van der Waals surface area contributed by atoms with Crippen molar-refractivity contribution >= 4 is 11.5 Å². The SMILES string of the molecule is COc1cc(-c2cc(N)nc(-c3ccc(C)o3)c2C#N)cc(N2CCC(OC)C2)c1. The van der Waals surface area contributed by atoms with Crippen LogP contribution in [0.4, 0.5) is 11.5 Å². The number of ether oxygens (including phenoxy) is 2. The van der Waals surface area contributed by atoms with Gasteiger partial charge in [0.2, 0.25) is 0 Å². The topological polar surface area (TPSA) is 97.5 Å². The second kappa shape index (κ2) is 8.09. The van der Waals surface area contributed by atoms with E-state index in [1.54, 1.807) is 26.4 Å². The minimum Gasteiger partial charge on any atom is -0.497 e. The summed E-state index contributed by atoms with van der Waals surface area (Å²) in [6.07, 6.45) is 1.18. The molecule has 154 valence electrons. The number of methoxy groups -OCH3 is 2. The van der Waals surface area contributed by atoms with Gasteiger partial charge in [0.25, 0.3) is 0 Å². The molecule has 1 aliphatic heterocycles. The highest BCUT2D eigenvalue weighted by Crippen LogP contribution is 2.37. The zero-order valence-electron chi connectivity index (χ0n) is 17.3. The van der Waals surface area contributed by atoms with Crippen molar-refractivity contribution in [3.05, 3.63) is 47.7 Å². The van der Waals surface area contributed by atoms with E-state index in [1.165, 1.54) is 0 Å². The fourth-order valence-corrected chi connectivity index (χ4v) is 3.84. The summed E-state index contributed by atoms with van der Waals surface area (Å²) in [7, 11) is 3.37. The standard InChI is InChI=1S/C23H24N4O3/c1-14-4-5-21(30-14)23-20(12-24)19(11-22(25)26-23)15-8-16(10-18(9-15)29-3)27-7-6-17(13-27)28-2/h4-5,8-11,17H,6-7,13H2,1-3H3,(H2,25,26). The van der Waals surface area contributed by atoms with Crippen LogP contribution in [0.15, 0.2) is 40.8 Å². The Balaban J connectivity index is 1.85. The largest absolute Gasteiger partial charge is 0.497 e. The number of nitrogen functional groups attached to an aromatic ring is 1. The number of benzene rings is 1. The maximum absolute atomic E-state index is 9.96. The Morgan fingerprint density at radius 3 is 2.70 bits per heavy atom. The first kappa shape index (κ1) is 19.8. The lowest BCUT2D eigenvalue weighted by atomic mass is 9.97. The number of hydrogen-bond donors (Lipinski definition) is 1. The molecule has 30 heavy (non-hydrogen) atoms. The average Bonchev–Trinajstić information content (AvgIpc) is 3.41. The quantitative estimate of drug-likeness (QED) is 0.686. The zero-order valence-corrected chi connectivity index (χ0v) is 17.3. The normalized spacial score (nSPS) is 15.9. The molecule has 7 nitrogen and oxygen atoms in total. The molecule has 1 atom stereocenters. The number of nitrogens with two attached hydrogens (primary N) is 1. The van der Waals surface area contributed by atoms with Crippen molar-refractivity contribution in [1.82, 2.24) is 4.98 Å². The molecule has 0 saturated carbocycles. The van der Waals surface area contributed by atoms with Crippen molar-refractivity contribution in [1.29, 1.82) is 5.26 Å². The van der Waals surface area contributed by atoms with E-state index in [4.69, 9.17) is 19.6 Å². The molecule has 0 radical (unpaired) electrons. The van der Waals surface area contributed by atoms with Gasteiger partial charge in [0.05, 0.1) is 18.8 Å². The van der Waals surface area contributed by atoms with E-state index in [0.29, 0.717) is 34.1 Å². The summed E-state index contributed by atoms with van der Waals surface area (Å²) in [4.78, 5) is 6.64. The summed E-state index contributed by atoms with van der Waals surface area (Å²) in [6.45, 7) is 3.55. The summed E-state index contributed by atoms with van der Waals surface area (Å²) in [5.41, 5.74) is 9.50. The second-order valence-electron chi connectivity index (χ2n) is 7.35. The van der Waals surface area contributed by atoms with Crippen molar-refractivity contribution in [3.8, 4) is 34.4 Å². The van der Waals surface area contributed by atoms with Crippen LogP contribution in [-0.4, -0.2) is 38.4 Å². The van der Waals surface area contributed by atoms with Crippen LogP contribution in [-0.2, 0) is 4.74 Å². The van der Waals surface area contributed by atoms with Gasteiger partial charge in [0, 0.05) is 37.5 Å². The van der Waals surface area contributed by atoms with Gasteiger partial charge < -0.3 is 24.5 Å². The average molecular weight is 404 g/mol. The van der Waals surface area contributed by atoms with Crippen molar-refractivity contribution in [2.24, 2.45) is 0 Å². The second-order valence-corrected chi connectivity index (χ2v) is 7.35. The molecular weight excluding hydrogens is 380 g/mol. The predicted molar refractivity (Wildman–Crippen MR) is 115 cm³/mol. The van der Waals surface area contributed by atoms with E-state index in [2.05, 4.69) is 16.0 Å². The molecule has 2 aromatic heterocycles. The van der Waals surface area contributed by atoms with Crippen LogP contribution in [0.3, 0.4) is 0 Å². The molecule has 1 aromatic carbocycles. The molecule has 3 heterocycles. The number of nitrogens with zero attached hydrogens (tertiary/aromatic N) is 3. The minimum atomic E-state index is 0.208. The van der Waals surface area contributed by atoms with Crippen LogP contribution in [0.25, 0.3) is 22.6 Å². The number of pyridine rings is 1. The van der Waals surface area contributed by atoms with Gasteiger partial charge in [-0.25, -0.2) is 4.98 Å². The van der Waals surface area contributed by atoms with Gasteiger partial charge in [-0.1, -0.05) is 0 Å². The van der Waals surface area contributed by atoms with Gasteiger partial charge in [-0.15, -0.1) is 0 Å². The number of furan rings is 1. The van der Waals surface area contributed by atoms with Crippen LogP contribution in [0.2, 0.25) is 0 Å². The van der Waals surface area contributed by atoms with Crippen LogP contribution >= 0.6 is 0 Å². The summed E-state index contributed by atoms with van der Waals surface area (Å²) < 4.78 is 16.8. The molecule has 0 bridgehead atoms. The molecule has 7 heteroatoms. The van der Waals surface area contributed by atoms with Crippen LogP contribution < -0.4 is 15.4 Å². The monoisotopic (exact) mass is 404 g/mol. The molecule has 2 N–H and O–H groups in total. The first-order valence-electron chi connectivity index (χ1n) is 9.77. The third-order valence-corrected chi connectivity index (χ3v) is 5.41. The molecule has 1 saturated heterocycles. The molecular formula is C23H24N4O3. The van der Waals surface area contributed by atoms with Crippen molar-refractivity contribution in [2.75, 3.05) is 37.9 Å². The highest BCUT2D eigenvalue weighted by atomic mass is 16.5. The van der Waals surface area contributed by atoms with E-state index >= 15 is 0 Å². The van der Waals surface area contributed by atoms with Gasteiger partial charge in [-0.05, 0) is 49.2 Å². The summed E-state index contributed by atoms with van der Waals surface area (Å²) in [5.74, 6) is 2.28. The Labute approximate surface area is 175 Å². The lowest BCUT2D eigenvalue weighted by Gasteiger charge is -2.21. The number of nitriles is 1. The zero-order chi connectivity index (χ0) is 21.3. The Hall–Kier alpha value is -3.50. The molecule has 0 amide bonds. The predicted octanol–water partition coefficient (Wildman–Crippen LogP) is 4.00. The van der Waals surface area contributed by atoms with Crippen LogP contribution in [0.1, 0.15) is 17.7 Å². The van der Waals surface area contributed by atoms with E-state index < -0.39 is 0 Å². The van der Waals surface area contributed by atoms with Gasteiger partial charge in [0.15, 0.2) is 5.76 Å². The maximum atomic E-state index is 9.96. The van der Waals surface area contributed by atoms with E-state index in [0.717, 1.165) is 36.5 Å². The third kappa shape index (κ3) is 3.70. The van der Waals surface area contributed by atoms with Crippen molar-refractivity contribution in [2.45, 2.75) is 19.4 Å². The molecule has 4 rings (SSSR count). The summed E-state index contributed by atoms with van der Waals surface area (Å²) in [6, 6.07) is 13.6. The summed E-state index contributed by atoms with van der Waals surface area (Å²) >= 11 is 0. The Kier molecular flexibility index (Phi) is 5.34. The molecule has 1 unspecified atom stereocenters. The molecule has 3 aromatic rings. The number of hydrogen-bond acceptors (Lipinski definition) is 7. The highest BCUT2D eigenvalue weighted by Gasteiger charge is 2.24. The number of anilines is 2. The van der Waals surface area contributed by atoms with Crippen LogP contribution in [0.5, 0.6) is 5.75 Å². The number of rotatable bonds is 5. The van der Waals surface area contributed by atoms with Gasteiger partial charge >= 0.3 is 0 Å². The molecule has 0 aliphatic carbocycles. The van der Waals surface area contributed by atoms with E-state index in [9.17, 15) is 5.26 Å². The van der Waals surface area contributed by atoms with Gasteiger partial charge in [-0.2, -0.15) is 5.26 Å². The first-order chi connectivity index (χ1) is 14.5. The van der Waals surface area contributed by atoms with E-state index in [1.807, 2.05) is 31.2 Å². The first-order valence-corrected chi connectivity index (χ1v) is 9.77. The van der Waals surface area contributed by atoms with Gasteiger partial charge in [-0.3, -0.25) is 0 Å². The molecule has 1 fully saturated rings. The lowest BCUT2D eigenvalue weighted by Crippen LogP contribution is -2.22. The van der Waals surface area contributed by atoms with Crippen molar-refractivity contribution in [3.63, 3.8) is 0 Å². The molecule has 0 spiro atoms. The third-order valence-electron chi connectivity index (χ3n) is 5.41. The molecule has 1 aliphatic rings. The fourth-order valence-electron chi connectivity index (χ4n) is 3.84. The maximum Gasteiger partial charge on any atom is 0.154 e. The summed E-state index contributed by atoms with van der Waals surface area (Å²) in [5, 5.41) is 9.96. The van der Waals surface area contributed by atoms with Crippen LogP contribution in [0, 0.1) is 18.3 Å².